The molecule has 0 aliphatic carbocycles. The lowest BCUT2D eigenvalue weighted by atomic mass is 10.1. The Morgan fingerprint density at radius 2 is 1.85 bits per heavy atom. The molecule has 0 aliphatic rings. The van der Waals surface area contributed by atoms with E-state index in [2.05, 4.69) is 4.74 Å². The van der Waals surface area contributed by atoms with Crippen molar-refractivity contribution in [2.45, 2.75) is 13.3 Å². The van der Waals surface area contributed by atoms with Gasteiger partial charge in [-0.15, -0.1) is 0 Å². The van der Waals surface area contributed by atoms with E-state index in [0.29, 0.717) is 6.42 Å². The van der Waals surface area contributed by atoms with Crippen molar-refractivity contribution < 1.29 is 9.53 Å². The molecule has 0 saturated heterocycles. The van der Waals surface area contributed by atoms with Crippen molar-refractivity contribution in [3.8, 4) is 0 Å². The summed E-state index contributed by atoms with van der Waals surface area (Å²) in [5, 5.41) is 0. The van der Waals surface area contributed by atoms with Crippen LogP contribution < -0.4 is 6.15 Å². The number of carbonyl (C=O) groups excluding carboxylic acids is 1. The number of carbonyl (C=O) groups is 1. The van der Waals surface area contributed by atoms with E-state index in [1.807, 2.05) is 31.2 Å². The molecule has 0 fully saturated rings. The quantitative estimate of drug-likeness (QED) is 0.708. The highest BCUT2D eigenvalue weighted by atomic mass is 16.5. The molecular weight excluding hydrogens is 166 g/mol. The maximum atomic E-state index is 10.8. The van der Waals surface area contributed by atoms with E-state index in [0.717, 1.165) is 5.56 Å². The number of hydrogen-bond donors (Lipinski definition) is 1. The van der Waals surface area contributed by atoms with Crippen LogP contribution in [0.2, 0.25) is 0 Å². The molecule has 0 amide bonds. The third-order valence-corrected chi connectivity index (χ3v) is 1.70. The molecule has 3 N–H and O–H groups in total. The lowest BCUT2D eigenvalue weighted by Gasteiger charge is -1.99. The Morgan fingerprint density at radius 1 is 1.31 bits per heavy atom. The summed E-state index contributed by atoms with van der Waals surface area (Å²) in [6.45, 7) is 2.02. The fraction of sp³-hybridized carbons (Fsp3) is 0.300. The van der Waals surface area contributed by atoms with E-state index >= 15 is 0 Å². The van der Waals surface area contributed by atoms with Gasteiger partial charge in [-0.25, -0.2) is 0 Å². The van der Waals surface area contributed by atoms with Crippen LogP contribution in [-0.2, 0) is 16.0 Å². The van der Waals surface area contributed by atoms with Crippen LogP contribution in [0.3, 0.4) is 0 Å². The van der Waals surface area contributed by atoms with Gasteiger partial charge in [-0.05, 0) is 12.5 Å². The van der Waals surface area contributed by atoms with Crippen molar-refractivity contribution in [1.29, 1.82) is 0 Å². The number of hydrogen-bond acceptors (Lipinski definition) is 3. The van der Waals surface area contributed by atoms with Crippen LogP contribution in [0.15, 0.2) is 24.3 Å². The van der Waals surface area contributed by atoms with Crippen molar-refractivity contribution in [2.24, 2.45) is 0 Å². The number of benzene rings is 1. The normalized spacial score (nSPS) is 8.77. The summed E-state index contributed by atoms with van der Waals surface area (Å²) in [4.78, 5) is 10.8. The zero-order valence-electron chi connectivity index (χ0n) is 8.04. The molecule has 13 heavy (non-hydrogen) atoms. The molecule has 1 rings (SSSR count). The Balaban J connectivity index is 0.00000144. The molecule has 0 aromatic heterocycles. The minimum atomic E-state index is -0.196. The van der Waals surface area contributed by atoms with Gasteiger partial charge in [0.15, 0.2) is 0 Å². The smallest absolute Gasteiger partial charge is 0.309 e. The van der Waals surface area contributed by atoms with Gasteiger partial charge in [-0.3, -0.25) is 4.79 Å². The zero-order chi connectivity index (χ0) is 8.97. The van der Waals surface area contributed by atoms with E-state index in [1.165, 1.54) is 12.7 Å². The first-order chi connectivity index (χ1) is 5.72. The monoisotopic (exact) mass is 181 g/mol. The lowest BCUT2D eigenvalue weighted by molar-refractivity contribution is -0.139. The summed E-state index contributed by atoms with van der Waals surface area (Å²) >= 11 is 0. The molecule has 0 heterocycles. The van der Waals surface area contributed by atoms with Gasteiger partial charge in [0.25, 0.3) is 0 Å². The molecule has 72 valence electrons. The summed E-state index contributed by atoms with van der Waals surface area (Å²) in [5.74, 6) is -0.196. The highest BCUT2D eigenvalue weighted by Crippen LogP contribution is 2.04. The van der Waals surface area contributed by atoms with Crippen LogP contribution in [0.25, 0.3) is 0 Å². The summed E-state index contributed by atoms with van der Waals surface area (Å²) in [6.07, 6.45) is 0.358. The van der Waals surface area contributed by atoms with Crippen LogP contribution in [0, 0.1) is 6.92 Å². The third-order valence-electron chi connectivity index (χ3n) is 1.70. The Morgan fingerprint density at radius 3 is 2.31 bits per heavy atom. The Labute approximate surface area is 78.3 Å². The second kappa shape index (κ2) is 5.32. The van der Waals surface area contributed by atoms with Crippen LogP contribution in [0.4, 0.5) is 0 Å². The number of ether oxygens (including phenoxy) is 1. The van der Waals surface area contributed by atoms with Crippen LogP contribution in [-0.4, -0.2) is 13.1 Å². The minimum absolute atomic E-state index is 0. The van der Waals surface area contributed by atoms with Crippen molar-refractivity contribution in [1.82, 2.24) is 6.15 Å². The maximum Gasteiger partial charge on any atom is 0.309 e. The summed E-state index contributed by atoms with van der Waals surface area (Å²) in [7, 11) is 1.40. The first kappa shape index (κ1) is 11.6. The topological polar surface area (TPSA) is 61.3 Å². The predicted octanol–water partition coefficient (Wildman–Crippen LogP) is 1.87. The molecule has 3 heteroatoms. The molecular formula is C10H15NO2. The average Bonchev–Trinajstić information content (AvgIpc) is 2.09. The van der Waals surface area contributed by atoms with Gasteiger partial charge >= 0.3 is 5.97 Å². The van der Waals surface area contributed by atoms with E-state index in [9.17, 15) is 4.79 Å². The van der Waals surface area contributed by atoms with Gasteiger partial charge in [0.05, 0.1) is 13.5 Å². The number of aryl methyl sites for hydroxylation is 1. The highest BCUT2D eigenvalue weighted by Gasteiger charge is 2.00. The van der Waals surface area contributed by atoms with Gasteiger partial charge in [0.2, 0.25) is 0 Å². The Hall–Kier alpha value is -1.35. The molecule has 0 atom stereocenters. The molecule has 0 aliphatic heterocycles. The van der Waals surface area contributed by atoms with Crippen LogP contribution in [0.1, 0.15) is 11.1 Å². The SMILES string of the molecule is COC(=O)Cc1ccc(C)cc1.N. The Kier molecular flexibility index (Phi) is 4.77. The van der Waals surface area contributed by atoms with Gasteiger partial charge in [-0.2, -0.15) is 0 Å². The zero-order valence-corrected chi connectivity index (χ0v) is 8.04. The van der Waals surface area contributed by atoms with Crippen LogP contribution >= 0.6 is 0 Å². The molecule has 0 unspecified atom stereocenters. The van der Waals surface area contributed by atoms with E-state index in [4.69, 9.17) is 0 Å². The maximum absolute atomic E-state index is 10.8. The predicted molar refractivity (Wildman–Crippen MR) is 51.9 cm³/mol. The van der Waals surface area contributed by atoms with E-state index < -0.39 is 0 Å². The fourth-order valence-electron chi connectivity index (χ4n) is 0.945. The van der Waals surface area contributed by atoms with E-state index in [1.54, 1.807) is 0 Å². The van der Waals surface area contributed by atoms with Gasteiger partial charge in [0.1, 0.15) is 0 Å². The van der Waals surface area contributed by atoms with Gasteiger partial charge < -0.3 is 10.9 Å². The number of methoxy groups -OCH3 is 1. The number of esters is 1. The van der Waals surface area contributed by atoms with Crippen molar-refractivity contribution in [3.63, 3.8) is 0 Å². The van der Waals surface area contributed by atoms with E-state index in [-0.39, 0.29) is 12.1 Å². The molecule has 0 spiro atoms. The molecule has 0 bridgehead atoms. The molecule has 0 saturated carbocycles. The second-order valence-corrected chi connectivity index (χ2v) is 2.74. The summed E-state index contributed by atoms with van der Waals surface area (Å²) in [5.41, 5.74) is 2.19. The first-order valence-electron chi connectivity index (χ1n) is 3.84. The van der Waals surface area contributed by atoms with Crippen molar-refractivity contribution in [2.75, 3.05) is 7.11 Å². The van der Waals surface area contributed by atoms with Gasteiger partial charge in [0, 0.05) is 0 Å². The first-order valence-corrected chi connectivity index (χ1v) is 3.84. The second-order valence-electron chi connectivity index (χ2n) is 2.74. The van der Waals surface area contributed by atoms with Gasteiger partial charge in [-0.1, -0.05) is 29.8 Å². The summed E-state index contributed by atoms with van der Waals surface area (Å²) < 4.78 is 4.55. The minimum Gasteiger partial charge on any atom is -0.469 e. The summed E-state index contributed by atoms with van der Waals surface area (Å²) in [6, 6.07) is 7.84. The Bertz CT molecular complexity index is 267. The standard InChI is InChI=1S/C10H12O2.H3N/c1-8-3-5-9(6-4-8)7-10(11)12-2;/h3-6H,7H2,1-2H3;1H3. The molecule has 3 nitrogen and oxygen atoms in total. The fourth-order valence-corrected chi connectivity index (χ4v) is 0.945. The largest absolute Gasteiger partial charge is 0.469 e. The van der Waals surface area contributed by atoms with Crippen molar-refractivity contribution >= 4 is 5.97 Å². The van der Waals surface area contributed by atoms with Crippen LogP contribution in [0.5, 0.6) is 0 Å². The molecule has 0 radical (unpaired) electrons. The molecule has 1 aromatic carbocycles. The highest BCUT2D eigenvalue weighted by molar-refractivity contribution is 5.72. The van der Waals surface area contributed by atoms with Crippen molar-refractivity contribution in [3.05, 3.63) is 35.4 Å². The molecule has 1 aromatic rings. The lowest BCUT2D eigenvalue weighted by Crippen LogP contribution is -2.03. The number of rotatable bonds is 2. The average molecular weight is 181 g/mol. The third kappa shape index (κ3) is 3.71.